The Kier molecular flexibility index (Phi) is 15.5. The Morgan fingerprint density at radius 2 is 1.61 bits per heavy atom. The van der Waals surface area contributed by atoms with E-state index in [4.69, 9.17) is 14.7 Å². The number of hydrogen-bond donors (Lipinski definition) is 4. The number of hydrogen-bond acceptors (Lipinski definition) is 14. The standard InChI is InChI=1S/C52H63BrF2N11O5P/c1-6-31-22-43(60-52-57-30-38(53)51(62-52)59-42-11-10-41-37(50(42)72(4,5)70)9-8-33(7-2)58-41)45(71-3)28-44(31)64-15-12-34(13-16-64)63-18-20-65(21-19-63)48(69)27-36-29-56-14-17-66(36)35-25-39(54)49(40(55)26-35)32-23-46(67)61-47(68)24-32/h8-11,22,25-26,28,30,32,34,36,56H,6-7,12-21,23-24,27,29H2,1-5H3,(H,61,67,68)(H2,57,59,60,62)/t36-/m1/s1. The van der Waals surface area contributed by atoms with Crippen LogP contribution in [0.1, 0.15) is 68.7 Å². The summed E-state index contributed by atoms with van der Waals surface area (Å²) in [5.41, 5.74) is 5.59. The number of anilines is 6. The van der Waals surface area contributed by atoms with E-state index in [0.29, 0.717) is 77.4 Å². The van der Waals surface area contributed by atoms with Crippen molar-refractivity contribution in [2.24, 2.45) is 0 Å². The normalized spacial score (nSPS) is 18.7. The lowest BCUT2D eigenvalue weighted by atomic mass is 9.88. The van der Waals surface area contributed by atoms with Crippen LogP contribution in [0.3, 0.4) is 0 Å². The summed E-state index contributed by atoms with van der Waals surface area (Å²) in [6.07, 6.45) is 5.11. The molecule has 0 bridgehead atoms. The van der Waals surface area contributed by atoms with Crippen LogP contribution >= 0.6 is 23.1 Å². The van der Waals surface area contributed by atoms with Crippen LogP contribution in [0.25, 0.3) is 10.9 Å². The van der Waals surface area contributed by atoms with E-state index in [-0.39, 0.29) is 36.8 Å². The highest BCUT2D eigenvalue weighted by atomic mass is 79.9. The summed E-state index contributed by atoms with van der Waals surface area (Å²) in [4.78, 5) is 60.7. The quantitative estimate of drug-likeness (QED) is 0.0638. The summed E-state index contributed by atoms with van der Waals surface area (Å²) in [6, 6.07) is 14.7. The average Bonchev–Trinajstić information content (AvgIpc) is 3.36. The number of methoxy groups -OCH3 is 1. The number of rotatable bonds is 14. The van der Waals surface area contributed by atoms with Gasteiger partial charge in [-0.1, -0.05) is 19.9 Å². The Hall–Kier alpha value is -5.75. The number of nitrogens with zero attached hydrogens (tertiary/aromatic N) is 7. The van der Waals surface area contributed by atoms with Gasteiger partial charge in [0.25, 0.3) is 0 Å². The van der Waals surface area contributed by atoms with Gasteiger partial charge >= 0.3 is 0 Å². The Bertz CT molecular complexity index is 2890. The molecule has 5 aromatic rings. The zero-order valence-corrected chi connectivity index (χ0v) is 44.0. The molecule has 0 saturated carbocycles. The molecule has 4 fully saturated rings. The second-order valence-electron chi connectivity index (χ2n) is 19.5. The van der Waals surface area contributed by atoms with Gasteiger partial charge in [-0.3, -0.25) is 29.6 Å². The van der Waals surface area contributed by atoms with Crippen LogP contribution in [0.2, 0.25) is 0 Å². The summed E-state index contributed by atoms with van der Waals surface area (Å²) in [5.74, 6) is -1.99. The van der Waals surface area contributed by atoms with Crippen molar-refractivity contribution in [3.63, 3.8) is 0 Å². The number of carbonyl (C=O) groups excluding carboxylic acids is 3. The SMILES string of the molecule is CCc1ccc2c(P(C)(C)=O)c(Nc3nc(Nc4cc(CC)c(N5CCC(N6CCN(C(=O)C[C@@H]7CNCCN7c7cc(F)c(C8CC(=O)NC(=O)C8)c(F)c7)CC6)CC5)cc4OC)ncc3Br)ccc2n1. The molecule has 3 amide bonds. The molecular weight excluding hydrogens is 1010 g/mol. The molecule has 20 heteroatoms. The minimum absolute atomic E-state index is 0.0132. The molecule has 16 nitrogen and oxygen atoms in total. The molecule has 72 heavy (non-hydrogen) atoms. The smallest absolute Gasteiger partial charge is 0.229 e. The molecule has 6 heterocycles. The summed E-state index contributed by atoms with van der Waals surface area (Å²) >= 11 is 3.62. The van der Waals surface area contributed by atoms with Gasteiger partial charge in [0.15, 0.2) is 0 Å². The van der Waals surface area contributed by atoms with Gasteiger partial charge in [-0.05, 0) is 96.9 Å². The van der Waals surface area contributed by atoms with Gasteiger partial charge in [0.1, 0.15) is 30.3 Å². The first-order valence-electron chi connectivity index (χ1n) is 24.9. The molecule has 382 valence electrons. The molecule has 9 rings (SSSR count). The van der Waals surface area contributed by atoms with Crippen LogP contribution in [0.4, 0.5) is 43.3 Å². The van der Waals surface area contributed by atoms with Crippen LogP contribution in [-0.4, -0.2) is 134 Å². The maximum Gasteiger partial charge on any atom is 0.229 e. The maximum atomic E-state index is 15.5. The van der Waals surface area contributed by atoms with Gasteiger partial charge in [-0.2, -0.15) is 4.98 Å². The first kappa shape index (κ1) is 51.2. The number of benzene rings is 3. The monoisotopic (exact) mass is 1070 g/mol. The molecule has 4 aliphatic heterocycles. The van der Waals surface area contributed by atoms with Crippen molar-refractivity contribution in [2.45, 2.75) is 76.8 Å². The Labute approximate surface area is 427 Å². The summed E-state index contributed by atoms with van der Waals surface area (Å²) in [6.45, 7) is 13.8. The van der Waals surface area contributed by atoms with E-state index in [0.717, 1.165) is 85.4 Å². The molecule has 0 aliphatic carbocycles. The number of aromatic nitrogens is 3. The maximum absolute atomic E-state index is 15.5. The molecule has 4 aliphatic rings. The minimum atomic E-state index is -2.76. The topological polar surface area (TPSA) is 177 Å². The number of carbonyl (C=O) groups is 3. The molecule has 3 aromatic carbocycles. The van der Waals surface area contributed by atoms with Crippen molar-refractivity contribution in [3.8, 4) is 5.75 Å². The van der Waals surface area contributed by atoms with Crippen molar-refractivity contribution in [3.05, 3.63) is 87.7 Å². The van der Waals surface area contributed by atoms with Crippen molar-refractivity contribution in [1.82, 2.24) is 35.4 Å². The van der Waals surface area contributed by atoms with Gasteiger partial charge < -0.3 is 40.0 Å². The molecule has 2 aromatic heterocycles. The number of aryl methyl sites for hydroxylation is 2. The summed E-state index contributed by atoms with van der Waals surface area (Å²) < 4.78 is 51.4. The fourth-order valence-corrected chi connectivity index (χ4v) is 12.6. The number of imide groups is 1. The molecule has 0 spiro atoms. The van der Waals surface area contributed by atoms with E-state index in [1.165, 1.54) is 12.1 Å². The highest BCUT2D eigenvalue weighted by Gasteiger charge is 2.35. The van der Waals surface area contributed by atoms with Crippen LogP contribution < -0.4 is 41.1 Å². The number of pyridine rings is 1. The fraction of sp³-hybridized carbons (Fsp3) is 0.462. The lowest BCUT2D eigenvalue weighted by Crippen LogP contribution is -2.56. The average molecular weight is 1070 g/mol. The van der Waals surface area contributed by atoms with Gasteiger partial charge in [-0.15, -0.1) is 0 Å². The first-order valence-corrected chi connectivity index (χ1v) is 28.3. The number of piperazine rings is 2. The lowest BCUT2D eigenvalue weighted by molar-refractivity contribution is -0.134. The van der Waals surface area contributed by atoms with Crippen molar-refractivity contribution in [2.75, 3.05) is 99.8 Å². The van der Waals surface area contributed by atoms with E-state index in [2.05, 4.69) is 78.0 Å². The predicted molar refractivity (Wildman–Crippen MR) is 282 cm³/mol. The third-order valence-corrected chi connectivity index (χ3v) is 16.7. The van der Waals surface area contributed by atoms with E-state index in [1.807, 2.05) is 34.1 Å². The molecular formula is C52H63BrF2N11O5P. The highest BCUT2D eigenvalue weighted by Crippen LogP contribution is 2.43. The third-order valence-electron chi connectivity index (χ3n) is 14.5. The van der Waals surface area contributed by atoms with E-state index < -0.39 is 36.5 Å². The number of fused-ring (bicyclic) bond motifs is 1. The van der Waals surface area contributed by atoms with Gasteiger partial charge in [0.2, 0.25) is 23.7 Å². The van der Waals surface area contributed by atoms with Crippen LogP contribution in [-0.2, 0) is 31.8 Å². The van der Waals surface area contributed by atoms with E-state index >= 15 is 8.78 Å². The number of nitrogens with one attached hydrogen (secondary N) is 4. The fourth-order valence-electron chi connectivity index (χ4n) is 10.9. The molecule has 0 unspecified atom stereocenters. The van der Waals surface area contributed by atoms with Crippen LogP contribution in [0.5, 0.6) is 5.75 Å². The first-order chi connectivity index (χ1) is 34.6. The number of amides is 3. The molecule has 1 atom stereocenters. The minimum Gasteiger partial charge on any atom is -0.494 e. The zero-order chi connectivity index (χ0) is 50.8. The Balaban J connectivity index is 0.805. The predicted octanol–water partition coefficient (Wildman–Crippen LogP) is 7.44. The van der Waals surface area contributed by atoms with Crippen molar-refractivity contribution >= 4 is 91.5 Å². The highest BCUT2D eigenvalue weighted by molar-refractivity contribution is 9.10. The van der Waals surface area contributed by atoms with Crippen LogP contribution in [0.15, 0.2) is 59.2 Å². The van der Waals surface area contributed by atoms with Gasteiger partial charge in [-0.25, -0.2) is 13.8 Å². The van der Waals surface area contributed by atoms with E-state index in [1.54, 1.807) is 26.6 Å². The van der Waals surface area contributed by atoms with Crippen molar-refractivity contribution < 1.29 is 32.5 Å². The lowest BCUT2D eigenvalue weighted by Gasteiger charge is -2.44. The van der Waals surface area contributed by atoms with Crippen LogP contribution in [0, 0.1) is 11.6 Å². The summed E-state index contributed by atoms with van der Waals surface area (Å²) in [5, 5.41) is 13.9. The Morgan fingerprint density at radius 3 is 2.28 bits per heavy atom. The second-order valence-corrected chi connectivity index (χ2v) is 23.5. The van der Waals surface area contributed by atoms with E-state index in [9.17, 15) is 18.9 Å². The molecule has 0 radical (unpaired) electrons. The third kappa shape index (κ3) is 11.1. The largest absolute Gasteiger partial charge is 0.494 e. The Morgan fingerprint density at radius 1 is 0.889 bits per heavy atom. The second kappa shape index (κ2) is 21.8. The number of piperidine rings is 2. The number of halogens is 3. The zero-order valence-electron chi connectivity index (χ0n) is 41.5. The van der Waals surface area contributed by atoms with Gasteiger partial charge in [0.05, 0.1) is 34.5 Å². The molecule has 4 saturated heterocycles. The molecule has 4 N–H and O–H groups in total. The van der Waals surface area contributed by atoms with Gasteiger partial charge in [0, 0.05) is 136 Å². The number of ether oxygens (including phenoxy) is 1. The van der Waals surface area contributed by atoms with Crippen molar-refractivity contribution in [1.29, 1.82) is 0 Å². The summed E-state index contributed by atoms with van der Waals surface area (Å²) in [7, 11) is -1.10.